The topological polar surface area (TPSA) is 105 Å². The molecule has 1 fully saturated rings. The maximum Gasteiger partial charge on any atom is 0.264 e. The SMILES string of the molecule is COc1ccc(N(CC(=O)Nc2ccccc2C(=O)N2CCOCC2)S(=O)(=O)c2ccccc2)cc1. The van der Waals surface area contributed by atoms with Gasteiger partial charge in [-0.05, 0) is 48.5 Å². The van der Waals surface area contributed by atoms with E-state index in [1.165, 1.54) is 19.2 Å². The smallest absolute Gasteiger partial charge is 0.264 e. The Hall–Kier alpha value is -3.89. The van der Waals surface area contributed by atoms with E-state index in [2.05, 4.69) is 5.32 Å². The van der Waals surface area contributed by atoms with Crippen LogP contribution in [0, 0.1) is 0 Å². The van der Waals surface area contributed by atoms with Gasteiger partial charge in [0, 0.05) is 13.1 Å². The second-order valence-electron chi connectivity index (χ2n) is 8.02. The van der Waals surface area contributed by atoms with Crippen LogP contribution in [0.5, 0.6) is 5.75 Å². The molecule has 0 bridgehead atoms. The molecule has 1 N–H and O–H groups in total. The molecule has 0 aliphatic carbocycles. The van der Waals surface area contributed by atoms with Crippen LogP contribution in [0.3, 0.4) is 0 Å². The van der Waals surface area contributed by atoms with Crippen LogP contribution >= 0.6 is 0 Å². The summed E-state index contributed by atoms with van der Waals surface area (Å²) in [4.78, 5) is 27.9. The summed E-state index contributed by atoms with van der Waals surface area (Å²) in [6, 6.07) is 21.0. The number of anilines is 2. The fraction of sp³-hybridized carbons (Fsp3) is 0.231. The molecule has 0 radical (unpaired) electrons. The molecule has 3 aromatic carbocycles. The first-order valence-corrected chi connectivity index (χ1v) is 12.8. The zero-order valence-electron chi connectivity index (χ0n) is 19.8. The zero-order valence-corrected chi connectivity index (χ0v) is 20.6. The predicted octanol–water partition coefficient (Wildman–Crippen LogP) is 3.00. The molecular formula is C26H27N3O6S. The lowest BCUT2D eigenvalue weighted by Gasteiger charge is -2.28. The predicted molar refractivity (Wildman–Crippen MR) is 136 cm³/mol. The van der Waals surface area contributed by atoms with Gasteiger partial charge < -0.3 is 19.7 Å². The highest BCUT2D eigenvalue weighted by Gasteiger charge is 2.28. The number of nitrogens with zero attached hydrogens (tertiary/aromatic N) is 2. The Morgan fingerprint density at radius 1 is 0.944 bits per heavy atom. The molecule has 1 saturated heterocycles. The van der Waals surface area contributed by atoms with Gasteiger partial charge in [-0.25, -0.2) is 8.42 Å². The van der Waals surface area contributed by atoms with Gasteiger partial charge in [-0.3, -0.25) is 13.9 Å². The third kappa shape index (κ3) is 5.67. The van der Waals surface area contributed by atoms with Crippen LogP contribution in [0.2, 0.25) is 0 Å². The maximum atomic E-state index is 13.5. The van der Waals surface area contributed by atoms with Crippen LogP contribution in [0.4, 0.5) is 11.4 Å². The summed E-state index contributed by atoms with van der Waals surface area (Å²) in [5.74, 6) is -0.263. The van der Waals surface area contributed by atoms with E-state index < -0.39 is 22.5 Å². The molecule has 4 rings (SSSR count). The van der Waals surface area contributed by atoms with Gasteiger partial charge in [-0.15, -0.1) is 0 Å². The number of benzene rings is 3. The van der Waals surface area contributed by atoms with E-state index in [1.54, 1.807) is 71.6 Å². The Labute approximate surface area is 210 Å². The first-order chi connectivity index (χ1) is 17.4. The minimum atomic E-state index is -4.06. The van der Waals surface area contributed by atoms with E-state index >= 15 is 0 Å². The van der Waals surface area contributed by atoms with E-state index in [1.807, 2.05) is 0 Å². The van der Waals surface area contributed by atoms with Crippen molar-refractivity contribution < 1.29 is 27.5 Å². The summed E-state index contributed by atoms with van der Waals surface area (Å²) >= 11 is 0. The van der Waals surface area contributed by atoms with Crippen molar-refractivity contribution >= 4 is 33.2 Å². The van der Waals surface area contributed by atoms with Crippen molar-refractivity contribution in [3.8, 4) is 5.75 Å². The van der Waals surface area contributed by atoms with Crippen molar-refractivity contribution in [3.63, 3.8) is 0 Å². The van der Waals surface area contributed by atoms with E-state index in [0.717, 1.165) is 4.31 Å². The van der Waals surface area contributed by atoms with Crippen molar-refractivity contribution in [2.24, 2.45) is 0 Å². The highest BCUT2D eigenvalue weighted by Crippen LogP contribution is 2.26. The van der Waals surface area contributed by atoms with Crippen molar-refractivity contribution in [2.75, 3.05) is 49.6 Å². The summed E-state index contributed by atoms with van der Waals surface area (Å²) in [5.41, 5.74) is 0.938. The second kappa shape index (κ2) is 11.2. The van der Waals surface area contributed by atoms with Crippen LogP contribution in [0.25, 0.3) is 0 Å². The van der Waals surface area contributed by atoms with Crippen molar-refractivity contribution in [1.82, 2.24) is 4.90 Å². The highest BCUT2D eigenvalue weighted by molar-refractivity contribution is 7.92. The number of amides is 2. The lowest BCUT2D eigenvalue weighted by atomic mass is 10.1. The van der Waals surface area contributed by atoms with Crippen molar-refractivity contribution in [2.45, 2.75) is 4.90 Å². The van der Waals surface area contributed by atoms with E-state index in [-0.39, 0.29) is 10.8 Å². The quantitative estimate of drug-likeness (QED) is 0.501. The lowest BCUT2D eigenvalue weighted by Crippen LogP contribution is -2.41. The highest BCUT2D eigenvalue weighted by atomic mass is 32.2. The molecule has 3 aromatic rings. The fourth-order valence-corrected chi connectivity index (χ4v) is 5.26. The number of ether oxygens (including phenoxy) is 2. The van der Waals surface area contributed by atoms with E-state index in [0.29, 0.717) is 49.0 Å². The largest absolute Gasteiger partial charge is 0.497 e. The molecule has 10 heteroatoms. The van der Waals surface area contributed by atoms with Gasteiger partial charge in [0.05, 0.1) is 42.2 Å². The van der Waals surface area contributed by atoms with Gasteiger partial charge in [0.1, 0.15) is 12.3 Å². The number of hydrogen-bond acceptors (Lipinski definition) is 6. The van der Waals surface area contributed by atoms with Crippen LogP contribution in [-0.4, -0.2) is 65.1 Å². The Kier molecular flexibility index (Phi) is 7.87. The maximum absolute atomic E-state index is 13.5. The summed E-state index contributed by atoms with van der Waals surface area (Å²) in [7, 11) is -2.55. The molecule has 2 amide bonds. The van der Waals surface area contributed by atoms with Gasteiger partial charge in [-0.1, -0.05) is 30.3 Å². The average molecular weight is 510 g/mol. The Morgan fingerprint density at radius 2 is 1.58 bits per heavy atom. The normalized spacial score (nSPS) is 13.6. The number of morpholine rings is 1. The van der Waals surface area contributed by atoms with E-state index in [4.69, 9.17) is 9.47 Å². The molecule has 1 aliphatic rings. The first kappa shape index (κ1) is 25.2. The molecule has 0 saturated carbocycles. The van der Waals surface area contributed by atoms with Gasteiger partial charge in [0.15, 0.2) is 0 Å². The minimum Gasteiger partial charge on any atom is -0.497 e. The van der Waals surface area contributed by atoms with Crippen LogP contribution in [-0.2, 0) is 19.6 Å². The number of rotatable bonds is 8. The number of para-hydroxylation sites is 1. The first-order valence-electron chi connectivity index (χ1n) is 11.4. The Morgan fingerprint density at radius 3 is 2.25 bits per heavy atom. The summed E-state index contributed by atoms with van der Waals surface area (Å²) < 4.78 is 38.5. The summed E-state index contributed by atoms with van der Waals surface area (Å²) in [5, 5.41) is 2.73. The van der Waals surface area contributed by atoms with Crippen LogP contribution < -0.4 is 14.4 Å². The van der Waals surface area contributed by atoms with Gasteiger partial charge in [0.25, 0.3) is 15.9 Å². The van der Waals surface area contributed by atoms with Crippen molar-refractivity contribution in [3.05, 3.63) is 84.4 Å². The molecule has 0 atom stereocenters. The number of hydrogen-bond donors (Lipinski definition) is 1. The number of nitrogens with one attached hydrogen (secondary N) is 1. The molecule has 0 spiro atoms. The molecule has 0 aromatic heterocycles. The molecule has 188 valence electrons. The number of carbonyl (C=O) groups excluding carboxylic acids is 2. The number of methoxy groups -OCH3 is 1. The number of carbonyl (C=O) groups is 2. The molecular weight excluding hydrogens is 482 g/mol. The second-order valence-corrected chi connectivity index (χ2v) is 9.88. The van der Waals surface area contributed by atoms with Gasteiger partial charge in [0.2, 0.25) is 5.91 Å². The van der Waals surface area contributed by atoms with E-state index in [9.17, 15) is 18.0 Å². The zero-order chi connectivity index (χ0) is 25.5. The molecule has 0 unspecified atom stereocenters. The van der Waals surface area contributed by atoms with Crippen LogP contribution in [0.15, 0.2) is 83.8 Å². The van der Waals surface area contributed by atoms with Crippen molar-refractivity contribution in [1.29, 1.82) is 0 Å². The number of sulfonamides is 1. The Balaban J connectivity index is 1.60. The third-order valence-electron chi connectivity index (χ3n) is 5.71. The monoisotopic (exact) mass is 509 g/mol. The minimum absolute atomic E-state index is 0.0523. The molecule has 1 heterocycles. The summed E-state index contributed by atoms with van der Waals surface area (Å²) in [6.45, 7) is 1.33. The standard InChI is InChI=1S/C26H27N3O6S/c1-34-21-13-11-20(12-14-21)29(36(32,33)22-7-3-2-4-8-22)19-25(30)27-24-10-6-5-9-23(24)26(31)28-15-17-35-18-16-28/h2-14H,15-19H2,1H3,(H,27,30). The lowest BCUT2D eigenvalue weighted by molar-refractivity contribution is -0.114. The van der Waals surface area contributed by atoms with Crippen LogP contribution in [0.1, 0.15) is 10.4 Å². The average Bonchev–Trinajstić information content (AvgIpc) is 2.92. The molecule has 1 aliphatic heterocycles. The summed E-state index contributed by atoms with van der Waals surface area (Å²) in [6.07, 6.45) is 0. The molecule has 36 heavy (non-hydrogen) atoms. The third-order valence-corrected chi connectivity index (χ3v) is 7.50. The molecule has 9 nitrogen and oxygen atoms in total. The Bertz CT molecular complexity index is 1310. The fourth-order valence-electron chi connectivity index (χ4n) is 3.82. The van der Waals surface area contributed by atoms with Gasteiger partial charge in [-0.2, -0.15) is 0 Å². The van der Waals surface area contributed by atoms with Gasteiger partial charge >= 0.3 is 0 Å².